The lowest BCUT2D eigenvalue weighted by atomic mass is 9.92. The van der Waals surface area contributed by atoms with Crippen LogP contribution in [0.5, 0.6) is 0 Å². The highest BCUT2D eigenvalue weighted by Gasteiger charge is 2.16. The zero-order valence-corrected chi connectivity index (χ0v) is 23.7. The van der Waals surface area contributed by atoms with Gasteiger partial charge in [0.15, 0.2) is 0 Å². The van der Waals surface area contributed by atoms with E-state index in [0.29, 0.717) is 5.92 Å². The summed E-state index contributed by atoms with van der Waals surface area (Å²) >= 11 is 0. The van der Waals surface area contributed by atoms with Crippen molar-refractivity contribution in [2.24, 2.45) is 5.92 Å². The van der Waals surface area contributed by atoms with Crippen LogP contribution in [-0.2, 0) is 19.4 Å². The lowest BCUT2D eigenvalue weighted by Crippen LogP contribution is -2.32. The van der Waals surface area contributed by atoms with Gasteiger partial charge in [-0.05, 0) is 60.1 Å². The molecule has 0 saturated heterocycles. The van der Waals surface area contributed by atoms with Crippen LogP contribution in [0.2, 0.25) is 0 Å². The predicted octanol–water partition coefficient (Wildman–Crippen LogP) is 7.58. The molecule has 37 heavy (non-hydrogen) atoms. The smallest absolute Gasteiger partial charge is 0.0510 e. The average molecular weight is 509 g/mol. The number of rotatable bonds is 12. The van der Waals surface area contributed by atoms with Crippen LogP contribution in [-0.4, -0.2) is 6.04 Å². The van der Waals surface area contributed by atoms with E-state index in [1.165, 1.54) is 27.8 Å². The Kier molecular flexibility index (Phi) is 11.2. The van der Waals surface area contributed by atoms with Crippen molar-refractivity contribution in [1.82, 2.24) is 10.6 Å². The Hall–Kier alpha value is -3.11. The van der Waals surface area contributed by atoms with Gasteiger partial charge in [-0.25, -0.2) is 0 Å². The second-order valence-corrected chi connectivity index (χ2v) is 10.7. The molecule has 0 fully saturated rings. The molecule has 3 aromatic rings. The first kappa shape index (κ1) is 28.5. The molecule has 0 saturated carbocycles. The van der Waals surface area contributed by atoms with Gasteiger partial charge in [-0.3, -0.25) is 0 Å². The fourth-order valence-corrected chi connectivity index (χ4v) is 4.53. The lowest BCUT2D eigenvalue weighted by Gasteiger charge is -2.25. The standard InChI is InChI=1S/C34H41N2P/c1-25(2)27(5)33(36-26(3)4)23-31-17-11-16-29(22-31)13-10-9-12-28-18-20-32(21-19-28)34(37)35-24-30-14-7-6-8-15-30/h6-8,11,14-22,25,33-36H,3,5,9,12,23-24,37H2,1-2,4H3. The van der Waals surface area contributed by atoms with Gasteiger partial charge in [0.05, 0.1) is 6.04 Å². The summed E-state index contributed by atoms with van der Waals surface area (Å²) in [5.74, 6) is 7.37. The topological polar surface area (TPSA) is 24.1 Å². The minimum absolute atomic E-state index is 0.179. The predicted molar refractivity (Wildman–Crippen MR) is 163 cm³/mol. The summed E-state index contributed by atoms with van der Waals surface area (Å²) < 4.78 is 0. The zero-order valence-electron chi connectivity index (χ0n) is 22.6. The molecule has 0 radical (unpaired) electrons. The molecule has 0 amide bonds. The highest BCUT2D eigenvalue weighted by atomic mass is 31.0. The number of hydrogen-bond donors (Lipinski definition) is 2. The van der Waals surface area contributed by atoms with Gasteiger partial charge in [-0.2, -0.15) is 0 Å². The summed E-state index contributed by atoms with van der Waals surface area (Å²) in [6.45, 7) is 15.6. The molecule has 2 nitrogen and oxygen atoms in total. The van der Waals surface area contributed by atoms with Crippen molar-refractivity contribution in [3.05, 3.63) is 131 Å². The molecular weight excluding hydrogens is 467 g/mol. The molecule has 0 aliphatic heterocycles. The fourth-order valence-electron chi connectivity index (χ4n) is 4.19. The van der Waals surface area contributed by atoms with Gasteiger partial charge in [0.1, 0.15) is 0 Å². The maximum Gasteiger partial charge on any atom is 0.0510 e. The summed E-state index contributed by atoms with van der Waals surface area (Å²) in [5, 5.41) is 7.06. The van der Waals surface area contributed by atoms with E-state index >= 15 is 0 Å². The van der Waals surface area contributed by atoms with Crippen molar-refractivity contribution in [3.8, 4) is 11.8 Å². The molecule has 0 bridgehead atoms. The van der Waals surface area contributed by atoms with Crippen LogP contribution in [0.1, 0.15) is 60.8 Å². The van der Waals surface area contributed by atoms with E-state index in [-0.39, 0.29) is 11.8 Å². The highest BCUT2D eigenvalue weighted by Crippen LogP contribution is 2.21. The first-order valence-corrected chi connectivity index (χ1v) is 13.8. The minimum atomic E-state index is 0.179. The number of hydrogen-bond acceptors (Lipinski definition) is 2. The van der Waals surface area contributed by atoms with Crippen LogP contribution < -0.4 is 10.6 Å². The van der Waals surface area contributed by atoms with Gasteiger partial charge in [0.2, 0.25) is 0 Å². The molecule has 3 unspecified atom stereocenters. The van der Waals surface area contributed by atoms with Gasteiger partial charge in [0.25, 0.3) is 0 Å². The van der Waals surface area contributed by atoms with Crippen molar-refractivity contribution in [3.63, 3.8) is 0 Å². The third-order valence-corrected chi connectivity index (χ3v) is 7.08. The van der Waals surface area contributed by atoms with Crippen molar-refractivity contribution in [2.75, 3.05) is 0 Å². The zero-order chi connectivity index (χ0) is 26.6. The molecule has 0 aromatic heterocycles. The monoisotopic (exact) mass is 508 g/mol. The fraction of sp³-hybridized carbons (Fsp3) is 0.294. The molecule has 0 spiro atoms. The molecule has 3 atom stereocenters. The Labute approximate surface area is 226 Å². The minimum Gasteiger partial charge on any atom is -0.382 e. The number of benzene rings is 3. The Morgan fingerprint density at radius 1 is 0.892 bits per heavy atom. The Bertz CT molecular complexity index is 1220. The van der Waals surface area contributed by atoms with E-state index in [9.17, 15) is 0 Å². The quantitative estimate of drug-likeness (QED) is 0.150. The normalized spacial score (nSPS) is 12.4. The number of nitrogens with one attached hydrogen (secondary N) is 2. The summed E-state index contributed by atoms with van der Waals surface area (Å²) in [5.41, 5.74) is 8.36. The van der Waals surface area contributed by atoms with Crippen molar-refractivity contribution < 1.29 is 0 Å². The van der Waals surface area contributed by atoms with Crippen molar-refractivity contribution >= 4 is 9.24 Å². The number of aryl methyl sites for hydroxylation is 1. The van der Waals surface area contributed by atoms with Crippen LogP contribution >= 0.6 is 9.24 Å². The Morgan fingerprint density at radius 3 is 2.27 bits per heavy atom. The average Bonchev–Trinajstić information content (AvgIpc) is 2.90. The second-order valence-electron chi connectivity index (χ2n) is 10.00. The van der Waals surface area contributed by atoms with Crippen molar-refractivity contribution in [2.45, 2.75) is 58.4 Å². The van der Waals surface area contributed by atoms with E-state index in [1.807, 2.05) is 13.0 Å². The Balaban J connectivity index is 1.52. The SMILES string of the molecule is C=C(C)NC(Cc1cccc(C#CCCc2ccc(C(P)NCc3ccccc3)cc2)c1)C(=C)C(C)C. The van der Waals surface area contributed by atoms with E-state index in [1.54, 1.807) is 0 Å². The van der Waals surface area contributed by atoms with Crippen LogP contribution in [0.15, 0.2) is 103 Å². The lowest BCUT2D eigenvalue weighted by molar-refractivity contribution is 0.570. The van der Waals surface area contributed by atoms with Crippen LogP contribution in [0.4, 0.5) is 0 Å². The van der Waals surface area contributed by atoms with Crippen LogP contribution in [0.3, 0.4) is 0 Å². The maximum absolute atomic E-state index is 4.32. The molecule has 0 heterocycles. The molecule has 2 N–H and O–H groups in total. The van der Waals surface area contributed by atoms with Gasteiger partial charge in [-0.15, -0.1) is 9.24 Å². The largest absolute Gasteiger partial charge is 0.382 e. The van der Waals surface area contributed by atoms with Gasteiger partial charge < -0.3 is 10.6 Å². The van der Waals surface area contributed by atoms with Gasteiger partial charge in [-0.1, -0.05) is 111 Å². The van der Waals surface area contributed by atoms with Crippen LogP contribution in [0.25, 0.3) is 0 Å². The first-order chi connectivity index (χ1) is 17.8. The Morgan fingerprint density at radius 2 is 1.59 bits per heavy atom. The molecule has 0 aliphatic carbocycles. The van der Waals surface area contributed by atoms with Gasteiger partial charge >= 0.3 is 0 Å². The molecule has 0 aliphatic rings. The molecule has 3 rings (SSSR count). The third kappa shape index (κ3) is 9.70. The molecule has 192 valence electrons. The second kappa shape index (κ2) is 14.6. The van der Waals surface area contributed by atoms with E-state index in [2.05, 4.69) is 132 Å². The number of allylic oxidation sites excluding steroid dienone is 1. The summed E-state index contributed by atoms with van der Waals surface area (Å²) in [6.07, 6.45) is 2.66. The first-order valence-electron chi connectivity index (χ1n) is 13.1. The van der Waals surface area contributed by atoms with E-state index in [0.717, 1.165) is 37.1 Å². The molecular formula is C34H41N2P. The summed E-state index contributed by atoms with van der Waals surface area (Å²) in [7, 11) is 2.90. The van der Waals surface area contributed by atoms with E-state index in [4.69, 9.17) is 0 Å². The van der Waals surface area contributed by atoms with Crippen molar-refractivity contribution in [1.29, 1.82) is 0 Å². The van der Waals surface area contributed by atoms with E-state index < -0.39 is 0 Å². The summed E-state index contributed by atoms with van der Waals surface area (Å²) in [6, 6.07) is 28.1. The van der Waals surface area contributed by atoms with Crippen LogP contribution in [0, 0.1) is 17.8 Å². The molecule has 3 aromatic carbocycles. The third-order valence-electron chi connectivity index (χ3n) is 6.46. The summed E-state index contributed by atoms with van der Waals surface area (Å²) in [4.78, 5) is 0. The van der Waals surface area contributed by atoms with Gasteiger partial charge in [0, 0.05) is 30.0 Å². The maximum atomic E-state index is 4.32. The highest BCUT2D eigenvalue weighted by molar-refractivity contribution is 7.17. The molecule has 3 heteroatoms.